The Balaban J connectivity index is 1.49. The fourth-order valence-electron chi connectivity index (χ4n) is 3.97. The highest BCUT2D eigenvalue weighted by Crippen LogP contribution is 2.44. The van der Waals surface area contributed by atoms with Crippen LogP contribution < -0.4 is 0 Å². The maximum atomic E-state index is 12.4. The zero-order valence-electron chi connectivity index (χ0n) is 12.6. The summed E-state index contributed by atoms with van der Waals surface area (Å²) in [6.45, 7) is 2.41. The lowest BCUT2D eigenvalue weighted by atomic mass is 9.66. The second-order valence-corrected chi connectivity index (χ2v) is 6.89. The van der Waals surface area contributed by atoms with Crippen molar-refractivity contribution in [3.05, 3.63) is 0 Å². The van der Waals surface area contributed by atoms with E-state index in [1.165, 1.54) is 0 Å². The topological polar surface area (TPSA) is 66.8 Å². The molecule has 5 nitrogen and oxygen atoms in total. The van der Waals surface area contributed by atoms with Gasteiger partial charge in [0.25, 0.3) is 0 Å². The molecule has 5 heteroatoms. The average Bonchev–Trinajstić information content (AvgIpc) is 2.96. The highest BCUT2D eigenvalue weighted by molar-refractivity contribution is 5.85. The van der Waals surface area contributed by atoms with Crippen molar-refractivity contribution in [1.29, 1.82) is 0 Å². The monoisotopic (exact) mass is 295 g/mol. The quantitative estimate of drug-likeness (QED) is 0.862. The van der Waals surface area contributed by atoms with Gasteiger partial charge in [-0.1, -0.05) is 6.42 Å². The minimum absolute atomic E-state index is 0.0305. The van der Waals surface area contributed by atoms with Gasteiger partial charge in [-0.2, -0.15) is 0 Å². The third-order valence-electron chi connectivity index (χ3n) is 5.64. The molecule has 3 fully saturated rings. The summed E-state index contributed by atoms with van der Waals surface area (Å²) in [7, 11) is 0. The van der Waals surface area contributed by atoms with Crippen molar-refractivity contribution < 1.29 is 19.4 Å². The first kappa shape index (κ1) is 14.8. The van der Waals surface area contributed by atoms with Crippen molar-refractivity contribution >= 4 is 11.9 Å². The standard InChI is InChI=1S/C16H25NO4/c18-14(11-16(15(19)20)6-2-7-16)17-8-4-12(5-9-17)13-3-1-10-21-13/h12-13H,1-11H2,(H,19,20). The predicted molar refractivity (Wildman–Crippen MR) is 76.8 cm³/mol. The van der Waals surface area contributed by atoms with Crippen LogP contribution in [-0.4, -0.2) is 47.7 Å². The lowest BCUT2D eigenvalue weighted by molar-refractivity contribution is -0.160. The average molecular weight is 295 g/mol. The number of carbonyl (C=O) groups is 2. The van der Waals surface area contributed by atoms with Crippen molar-refractivity contribution in [2.45, 2.75) is 57.5 Å². The van der Waals surface area contributed by atoms with Crippen LogP contribution in [0.2, 0.25) is 0 Å². The molecule has 2 aliphatic heterocycles. The van der Waals surface area contributed by atoms with Crippen LogP contribution in [0.1, 0.15) is 51.4 Å². The number of rotatable bonds is 4. The van der Waals surface area contributed by atoms with Crippen LogP contribution in [0.15, 0.2) is 0 Å². The molecule has 0 aromatic rings. The molecule has 2 saturated heterocycles. The Bertz CT molecular complexity index is 405. The van der Waals surface area contributed by atoms with Crippen LogP contribution in [0.4, 0.5) is 0 Å². The number of likely N-dealkylation sites (tertiary alicyclic amines) is 1. The second kappa shape index (κ2) is 5.95. The van der Waals surface area contributed by atoms with E-state index in [1.54, 1.807) is 0 Å². The van der Waals surface area contributed by atoms with E-state index in [-0.39, 0.29) is 12.3 Å². The van der Waals surface area contributed by atoms with E-state index in [4.69, 9.17) is 4.74 Å². The molecular weight excluding hydrogens is 270 g/mol. The van der Waals surface area contributed by atoms with Crippen molar-refractivity contribution in [2.24, 2.45) is 11.3 Å². The number of ether oxygens (including phenoxy) is 1. The Morgan fingerprint density at radius 3 is 2.33 bits per heavy atom. The molecule has 1 aliphatic carbocycles. The van der Waals surface area contributed by atoms with Crippen LogP contribution in [0, 0.1) is 11.3 Å². The van der Waals surface area contributed by atoms with E-state index in [1.807, 2.05) is 4.90 Å². The van der Waals surface area contributed by atoms with Gasteiger partial charge in [-0.25, -0.2) is 0 Å². The molecule has 2 heterocycles. The minimum atomic E-state index is -0.795. The number of carbonyl (C=O) groups excluding carboxylic acids is 1. The van der Waals surface area contributed by atoms with Gasteiger partial charge in [-0.3, -0.25) is 9.59 Å². The lowest BCUT2D eigenvalue weighted by Crippen LogP contribution is -2.46. The minimum Gasteiger partial charge on any atom is -0.481 e. The van der Waals surface area contributed by atoms with E-state index in [9.17, 15) is 14.7 Å². The van der Waals surface area contributed by atoms with E-state index < -0.39 is 11.4 Å². The summed E-state index contributed by atoms with van der Waals surface area (Å²) in [6, 6.07) is 0. The summed E-state index contributed by atoms with van der Waals surface area (Å²) in [4.78, 5) is 25.6. The highest BCUT2D eigenvalue weighted by Gasteiger charge is 2.46. The third kappa shape index (κ3) is 2.93. The Morgan fingerprint density at radius 2 is 1.86 bits per heavy atom. The zero-order valence-corrected chi connectivity index (χ0v) is 12.6. The molecule has 3 aliphatic rings. The van der Waals surface area contributed by atoms with Gasteiger partial charge in [-0.05, 0) is 44.4 Å². The number of nitrogens with zero attached hydrogens (tertiary/aromatic N) is 1. The summed E-state index contributed by atoms with van der Waals surface area (Å²) < 4.78 is 5.75. The molecule has 1 unspecified atom stereocenters. The smallest absolute Gasteiger partial charge is 0.310 e. The van der Waals surface area contributed by atoms with E-state index in [2.05, 4.69) is 0 Å². The summed E-state index contributed by atoms with van der Waals surface area (Å²) in [5.74, 6) is -0.187. The molecule has 0 radical (unpaired) electrons. The predicted octanol–water partition coefficient (Wildman–Crippen LogP) is 2.05. The largest absolute Gasteiger partial charge is 0.481 e. The third-order valence-corrected chi connectivity index (χ3v) is 5.64. The van der Waals surface area contributed by atoms with Crippen molar-refractivity contribution in [3.8, 4) is 0 Å². The Hall–Kier alpha value is -1.10. The molecular formula is C16H25NO4. The van der Waals surface area contributed by atoms with Gasteiger partial charge in [0, 0.05) is 26.1 Å². The van der Waals surface area contributed by atoms with Gasteiger partial charge in [-0.15, -0.1) is 0 Å². The number of carboxylic acids is 1. The van der Waals surface area contributed by atoms with Gasteiger partial charge >= 0.3 is 5.97 Å². The fourth-order valence-corrected chi connectivity index (χ4v) is 3.97. The van der Waals surface area contributed by atoms with E-state index >= 15 is 0 Å². The summed E-state index contributed by atoms with van der Waals surface area (Å²) in [5, 5.41) is 9.33. The molecule has 0 aromatic carbocycles. The number of aliphatic carboxylic acids is 1. The number of amides is 1. The molecule has 1 saturated carbocycles. The van der Waals surface area contributed by atoms with Crippen LogP contribution >= 0.6 is 0 Å². The highest BCUT2D eigenvalue weighted by atomic mass is 16.5. The number of carboxylic acid groups (broad SMARTS) is 1. The Kier molecular flexibility index (Phi) is 4.20. The van der Waals surface area contributed by atoms with Crippen molar-refractivity contribution in [1.82, 2.24) is 4.90 Å². The van der Waals surface area contributed by atoms with Gasteiger partial charge < -0.3 is 14.7 Å². The van der Waals surface area contributed by atoms with Gasteiger partial charge in [0.05, 0.1) is 11.5 Å². The molecule has 1 atom stereocenters. The first-order valence-corrected chi connectivity index (χ1v) is 8.23. The fraction of sp³-hybridized carbons (Fsp3) is 0.875. The summed E-state index contributed by atoms with van der Waals surface area (Å²) >= 11 is 0. The summed E-state index contributed by atoms with van der Waals surface area (Å²) in [6.07, 6.45) is 7.12. The van der Waals surface area contributed by atoms with Crippen LogP contribution in [0.25, 0.3) is 0 Å². The lowest BCUT2D eigenvalue weighted by Gasteiger charge is -2.40. The maximum absolute atomic E-state index is 12.4. The Labute approximate surface area is 125 Å². The molecule has 118 valence electrons. The van der Waals surface area contributed by atoms with Crippen LogP contribution in [0.5, 0.6) is 0 Å². The maximum Gasteiger partial charge on any atom is 0.310 e. The van der Waals surface area contributed by atoms with Crippen LogP contribution in [-0.2, 0) is 14.3 Å². The molecule has 1 amide bonds. The second-order valence-electron chi connectivity index (χ2n) is 6.89. The van der Waals surface area contributed by atoms with E-state index in [0.717, 1.165) is 51.8 Å². The molecule has 3 rings (SSSR count). The molecule has 0 bridgehead atoms. The van der Waals surface area contributed by atoms with Gasteiger partial charge in [0.15, 0.2) is 0 Å². The van der Waals surface area contributed by atoms with Crippen LogP contribution in [0.3, 0.4) is 0 Å². The number of hydrogen-bond acceptors (Lipinski definition) is 3. The number of piperidine rings is 1. The normalized spacial score (nSPS) is 29.1. The first-order valence-electron chi connectivity index (χ1n) is 8.23. The number of hydrogen-bond donors (Lipinski definition) is 1. The van der Waals surface area contributed by atoms with Gasteiger partial charge in [0.2, 0.25) is 5.91 Å². The van der Waals surface area contributed by atoms with Crippen molar-refractivity contribution in [2.75, 3.05) is 19.7 Å². The summed E-state index contributed by atoms with van der Waals surface area (Å²) in [5.41, 5.74) is -0.761. The first-order chi connectivity index (χ1) is 10.1. The van der Waals surface area contributed by atoms with Gasteiger partial charge in [0.1, 0.15) is 0 Å². The zero-order chi connectivity index (χ0) is 14.9. The molecule has 21 heavy (non-hydrogen) atoms. The van der Waals surface area contributed by atoms with Crippen molar-refractivity contribution in [3.63, 3.8) is 0 Å². The Morgan fingerprint density at radius 1 is 1.14 bits per heavy atom. The molecule has 0 spiro atoms. The molecule has 0 aromatic heterocycles. The molecule has 1 N–H and O–H groups in total. The van der Waals surface area contributed by atoms with E-state index in [0.29, 0.717) is 24.9 Å². The SMILES string of the molecule is O=C(CC1(C(=O)O)CCC1)N1CCC(C2CCCO2)CC1.